The van der Waals surface area contributed by atoms with E-state index in [1.54, 1.807) is 0 Å². The van der Waals surface area contributed by atoms with E-state index in [2.05, 4.69) is 21.8 Å². The van der Waals surface area contributed by atoms with Crippen LogP contribution in [0.1, 0.15) is 37.4 Å². The Kier molecular flexibility index (Phi) is 3.20. The molecule has 0 radical (unpaired) electrons. The molecule has 2 aliphatic rings. The topological polar surface area (TPSA) is 49.2 Å². The van der Waals surface area contributed by atoms with Crippen LogP contribution in [0.2, 0.25) is 0 Å². The highest BCUT2D eigenvalue weighted by Gasteiger charge is 2.35. The molecule has 1 saturated heterocycles. The first kappa shape index (κ1) is 11.9. The second-order valence-electron chi connectivity index (χ2n) is 5.56. The van der Waals surface area contributed by atoms with Crippen molar-refractivity contribution in [1.82, 2.24) is 14.9 Å². The smallest absolute Gasteiger partial charge is 0.314 e. The van der Waals surface area contributed by atoms with Crippen molar-refractivity contribution in [1.29, 1.82) is 0 Å². The molecule has 1 aromatic rings. The van der Waals surface area contributed by atoms with Crippen LogP contribution in [0.4, 0.5) is 0 Å². The van der Waals surface area contributed by atoms with Gasteiger partial charge in [0.05, 0.1) is 5.69 Å². The Labute approximate surface area is 108 Å². The second-order valence-corrected chi connectivity index (χ2v) is 5.56. The van der Waals surface area contributed by atoms with Crippen LogP contribution in [-0.2, 0) is 12.8 Å². The Bertz CT molecular complexity index is 433. The van der Waals surface area contributed by atoms with Gasteiger partial charge in [0.1, 0.15) is 0 Å². The van der Waals surface area contributed by atoms with Gasteiger partial charge in [0.15, 0.2) is 0 Å². The van der Waals surface area contributed by atoms with Crippen molar-refractivity contribution in [2.75, 3.05) is 13.1 Å². The molecule has 0 aromatic carbocycles. The van der Waals surface area contributed by atoms with Crippen molar-refractivity contribution < 1.29 is 5.11 Å². The number of hydrogen-bond acceptors (Lipinski definition) is 4. The van der Waals surface area contributed by atoms with E-state index in [9.17, 15) is 5.11 Å². The lowest BCUT2D eigenvalue weighted by atomic mass is 9.77. The lowest BCUT2D eigenvalue weighted by molar-refractivity contribution is 0.0842. The standard InChI is InChI=1S/C14H21N3O/c1-2-5-17-6-3-4-10-7-12-11(8-13(10)17)9-15-14(18)16-12/h9-10,13H,2-8H2,1H3,(H,15,16,18). The minimum atomic E-state index is -0.0755. The van der Waals surface area contributed by atoms with Crippen LogP contribution < -0.4 is 0 Å². The summed E-state index contributed by atoms with van der Waals surface area (Å²) in [6.07, 6.45) is 7.70. The number of nitrogens with zero attached hydrogens (tertiary/aromatic N) is 3. The molecule has 1 aliphatic carbocycles. The highest BCUT2D eigenvalue weighted by Crippen LogP contribution is 2.34. The molecular formula is C14H21N3O. The summed E-state index contributed by atoms with van der Waals surface area (Å²) in [4.78, 5) is 10.8. The molecule has 2 heterocycles. The molecule has 0 amide bonds. The maximum atomic E-state index is 9.39. The maximum Gasteiger partial charge on any atom is 0.314 e. The van der Waals surface area contributed by atoms with Crippen LogP contribution in [0.25, 0.3) is 0 Å². The van der Waals surface area contributed by atoms with E-state index in [1.807, 2.05) is 6.20 Å². The first-order chi connectivity index (χ1) is 8.78. The van der Waals surface area contributed by atoms with Gasteiger partial charge < -0.3 is 5.11 Å². The second kappa shape index (κ2) is 4.84. The summed E-state index contributed by atoms with van der Waals surface area (Å²) < 4.78 is 0. The minimum absolute atomic E-state index is 0.0755. The van der Waals surface area contributed by atoms with Gasteiger partial charge in [-0.3, -0.25) is 4.90 Å². The summed E-state index contributed by atoms with van der Waals surface area (Å²) in [6, 6.07) is 0.591. The lowest BCUT2D eigenvalue weighted by Gasteiger charge is -2.44. The summed E-state index contributed by atoms with van der Waals surface area (Å²) in [6.45, 7) is 4.69. The van der Waals surface area contributed by atoms with Gasteiger partial charge in [0, 0.05) is 12.2 Å². The number of aromatic nitrogens is 2. The number of piperidine rings is 1. The minimum Gasteiger partial charge on any atom is -0.479 e. The number of hydrogen-bond donors (Lipinski definition) is 1. The normalized spacial score (nSPS) is 27.6. The average molecular weight is 247 g/mol. The largest absolute Gasteiger partial charge is 0.479 e. The summed E-state index contributed by atoms with van der Waals surface area (Å²) >= 11 is 0. The zero-order valence-corrected chi connectivity index (χ0v) is 11.0. The van der Waals surface area contributed by atoms with Gasteiger partial charge in [-0.2, -0.15) is 0 Å². The molecule has 4 heteroatoms. The van der Waals surface area contributed by atoms with Crippen molar-refractivity contribution in [3.05, 3.63) is 17.5 Å². The first-order valence-corrected chi connectivity index (χ1v) is 7.05. The molecule has 0 bridgehead atoms. The molecule has 0 saturated carbocycles. The molecule has 1 fully saturated rings. The zero-order chi connectivity index (χ0) is 12.5. The third kappa shape index (κ3) is 2.09. The van der Waals surface area contributed by atoms with E-state index >= 15 is 0 Å². The SMILES string of the molecule is CCCN1CCCC2Cc3nc(O)ncc3CC21. The highest BCUT2D eigenvalue weighted by atomic mass is 16.3. The Morgan fingerprint density at radius 2 is 2.33 bits per heavy atom. The number of likely N-dealkylation sites (tertiary alicyclic amines) is 1. The average Bonchev–Trinajstić information content (AvgIpc) is 2.37. The molecule has 0 spiro atoms. The van der Waals surface area contributed by atoms with E-state index < -0.39 is 0 Å². The van der Waals surface area contributed by atoms with Crippen LogP contribution in [0.15, 0.2) is 6.20 Å². The van der Waals surface area contributed by atoms with Crippen molar-refractivity contribution >= 4 is 0 Å². The van der Waals surface area contributed by atoms with Gasteiger partial charge in [-0.1, -0.05) is 6.92 Å². The molecule has 1 N–H and O–H groups in total. The first-order valence-electron chi connectivity index (χ1n) is 7.05. The van der Waals surface area contributed by atoms with E-state index in [0.29, 0.717) is 12.0 Å². The van der Waals surface area contributed by atoms with Gasteiger partial charge in [-0.05, 0) is 56.7 Å². The van der Waals surface area contributed by atoms with Crippen molar-refractivity contribution in [3.8, 4) is 6.01 Å². The fourth-order valence-electron chi connectivity index (χ4n) is 3.56. The molecule has 1 aromatic heterocycles. The molecule has 18 heavy (non-hydrogen) atoms. The zero-order valence-electron chi connectivity index (χ0n) is 11.0. The van der Waals surface area contributed by atoms with Gasteiger partial charge >= 0.3 is 6.01 Å². The van der Waals surface area contributed by atoms with E-state index in [4.69, 9.17) is 0 Å². The van der Waals surface area contributed by atoms with Crippen LogP contribution in [0, 0.1) is 5.92 Å². The summed E-state index contributed by atoms with van der Waals surface area (Å²) in [5.41, 5.74) is 2.30. The van der Waals surface area contributed by atoms with Gasteiger partial charge in [-0.15, -0.1) is 0 Å². The molecule has 4 nitrogen and oxygen atoms in total. The van der Waals surface area contributed by atoms with E-state index in [1.165, 1.54) is 37.9 Å². The van der Waals surface area contributed by atoms with Gasteiger partial charge in [0.2, 0.25) is 0 Å². The molecule has 2 atom stereocenters. The molecule has 3 rings (SSSR count). The highest BCUT2D eigenvalue weighted by molar-refractivity contribution is 5.25. The van der Waals surface area contributed by atoms with Crippen molar-refractivity contribution in [2.45, 2.75) is 45.1 Å². The summed E-state index contributed by atoms with van der Waals surface area (Å²) in [5.74, 6) is 0.715. The van der Waals surface area contributed by atoms with Gasteiger partial charge in [0.25, 0.3) is 0 Å². The molecule has 98 valence electrons. The number of aromatic hydroxyl groups is 1. The van der Waals surface area contributed by atoms with Crippen LogP contribution in [0.5, 0.6) is 6.01 Å². The molecule has 2 unspecified atom stereocenters. The Balaban J connectivity index is 1.85. The third-order valence-corrected chi connectivity index (χ3v) is 4.37. The Hall–Kier alpha value is -1.16. The van der Waals surface area contributed by atoms with Gasteiger partial charge in [-0.25, -0.2) is 9.97 Å². The summed E-state index contributed by atoms with van der Waals surface area (Å²) in [5, 5.41) is 9.39. The summed E-state index contributed by atoms with van der Waals surface area (Å²) in [7, 11) is 0. The number of rotatable bonds is 2. The van der Waals surface area contributed by atoms with Crippen LogP contribution in [0.3, 0.4) is 0 Å². The Morgan fingerprint density at radius 1 is 1.44 bits per heavy atom. The monoisotopic (exact) mass is 247 g/mol. The van der Waals surface area contributed by atoms with Crippen molar-refractivity contribution in [3.63, 3.8) is 0 Å². The lowest BCUT2D eigenvalue weighted by Crippen LogP contribution is -2.49. The van der Waals surface area contributed by atoms with Crippen LogP contribution in [-0.4, -0.2) is 39.1 Å². The van der Waals surface area contributed by atoms with E-state index in [-0.39, 0.29) is 6.01 Å². The predicted molar refractivity (Wildman–Crippen MR) is 69.5 cm³/mol. The Morgan fingerprint density at radius 3 is 3.17 bits per heavy atom. The van der Waals surface area contributed by atoms with Crippen molar-refractivity contribution in [2.24, 2.45) is 5.92 Å². The predicted octanol–water partition coefficient (Wildman–Crippen LogP) is 1.77. The fourth-order valence-corrected chi connectivity index (χ4v) is 3.56. The maximum absolute atomic E-state index is 9.39. The molecular weight excluding hydrogens is 226 g/mol. The number of fused-ring (bicyclic) bond motifs is 2. The molecule has 1 aliphatic heterocycles. The quantitative estimate of drug-likeness (QED) is 0.865. The van der Waals surface area contributed by atoms with E-state index in [0.717, 1.165) is 18.5 Å². The van der Waals surface area contributed by atoms with Crippen LogP contribution >= 0.6 is 0 Å². The third-order valence-electron chi connectivity index (χ3n) is 4.37. The fraction of sp³-hybridized carbons (Fsp3) is 0.714.